The predicted molar refractivity (Wildman–Crippen MR) is 59.6 cm³/mol. The van der Waals surface area contributed by atoms with Crippen LogP contribution in [0.2, 0.25) is 0 Å². The molecule has 0 spiro atoms. The number of carbonyl (C=O) groups excluding carboxylic acids is 1. The molecule has 1 aromatic carbocycles. The highest BCUT2D eigenvalue weighted by molar-refractivity contribution is 8.00. The van der Waals surface area contributed by atoms with Gasteiger partial charge in [-0.25, -0.2) is 0 Å². The lowest BCUT2D eigenvalue weighted by Gasteiger charge is -2.06. The number of hydrogen-bond acceptors (Lipinski definition) is 3. The summed E-state index contributed by atoms with van der Waals surface area (Å²) in [6.45, 7) is 0. The first kappa shape index (κ1) is 14.6. The normalized spacial score (nSPS) is 11.3. The van der Waals surface area contributed by atoms with Gasteiger partial charge in [-0.05, 0) is 23.9 Å². The van der Waals surface area contributed by atoms with Gasteiger partial charge >= 0.3 is 11.5 Å². The van der Waals surface area contributed by atoms with E-state index in [0.717, 1.165) is 0 Å². The lowest BCUT2D eigenvalue weighted by Crippen LogP contribution is -2.04. The summed E-state index contributed by atoms with van der Waals surface area (Å²) in [5.74, 6) is -1.49. The summed E-state index contributed by atoms with van der Waals surface area (Å²) in [5, 5.41) is 8.40. The highest BCUT2D eigenvalue weighted by Crippen LogP contribution is 2.36. The Morgan fingerprint density at radius 1 is 1.11 bits per heavy atom. The van der Waals surface area contributed by atoms with Crippen LogP contribution in [0, 0.1) is 0 Å². The van der Waals surface area contributed by atoms with Crippen molar-refractivity contribution in [1.29, 1.82) is 0 Å². The van der Waals surface area contributed by atoms with Crippen molar-refractivity contribution in [2.45, 2.75) is 23.2 Å². The molecule has 7 heteroatoms. The van der Waals surface area contributed by atoms with Crippen LogP contribution >= 0.6 is 11.8 Å². The molecule has 0 saturated carbocycles. The monoisotopic (exact) mass is 278 g/mol. The van der Waals surface area contributed by atoms with Crippen molar-refractivity contribution in [1.82, 2.24) is 0 Å². The molecule has 0 aliphatic carbocycles. The van der Waals surface area contributed by atoms with Crippen molar-refractivity contribution in [3.63, 3.8) is 0 Å². The van der Waals surface area contributed by atoms with Crippen LogP contribution in [0.1, 0.15) is 23.2 Å². The Labute approximate surface area is 105 Å². The van der Waals surface area contributed by atoms with E-state index in [1.807, 2.05) is 0 Å². The lowest BCUT2D eigenvalue weighted by atomic mass is 10.1. The van der Waals surface area contributed by atoms with Crippen LogP contribution < -0.4 is 0 Å². The fraction of sp³-hybridized carbons (Fsp3) is 0.273. The van der Waals surface area contributed by atoms with Crippen molar-refractivity contribution in [2.75, 3.05) is 0 Å². The lowest BCUT2D eigenvalue weighted by molar-refractivity contribution is -0.136. The molecule has 0 heterocycles. The quantitative estimate of drug-likeness (QED) is 0.663. The number of ketones is 1. The van der Waals surface area contributed by atoms with E-state index in [1.54, 1.807) is 0 Å². The van der Waals surface area contributed by atoms with Crippen LogP contribution in [-0.2, 0) is 4.79 Å². The van der Waals surface area contributed by atoms with E-state index in [0.29, 0.717) is 0 Å². The Hall–Kier alpha value is -1.50. The van der Waals surface area contributed by atoms with Crippen molar-refractivity contribution >= 4 is 23.5 Å². The van der Waals surface area contributed by atoms with Crippen LogP contribution in [-0.4, -0.2) is 22.4 Å². The Balaban J connectivity index is 2.65. The molecular formula is C11H9F3O3S. The molecule has 3 nitrogen and oxygen atoms in total. The van der Waals surface area contributed by atoms with E-state index < -0.39 is 17.3 Å². The first-order chi connectivity index (χ1) is 8.28. The summed E-state index contributed by atoms with van der Waals surface area (Å²) >= 11 is -0.266. The maximum Gasteiger partial charge on any atom is 0.446 e. The molecular weight excluding hydrogens is 269 g/mol. The van der Waals surface area contributed by atoms with Gasteiger partial charge in [0.2, 0.25) is 0 Å². The highest BCUT2D eigenvalue weighted by Gasteiger charge is 2.29. The van der Waals surface area contributed by atoms with Gasteiger partial charge in [-0.1, -0.05) is 12.1 Å². The van der Waals surface area contributed by atoms with Crippen LogP contribution in [0.15, 0.2) is 29.2 Å². The fourth-order valence-corrected chi connectivity index (χ4v) is 1.75. The molecule has 0 aromatic heterocycles. The number of carboxylic acid groups (broad SMARTS) is 1. The van der Waals surface area contributed by atoms with Crippen LogP contribution in [0.25, 0.3) is 0 Å². The number of alkyl halides is 3. The maximum absolute atomic E-state index is 12.0. The molecule has 1 aromatic rings. The van der Waals surface area contributed by atoms with Gasteiger partial charge in [0.25, 0.3) is 0 Å². The number of rotatable bonds is 5. The van der Waals surface area contributed by atoms with Gasteiger partial charge < -0.3 is 5.11 Å². The zero-order chi connectivity index (χ0) is 13.8. The molecule has 0 fully saturated rings. The largest absolute Gasteiger partial charge is 0.481 e. The van der Waals surface area contributed by atoms with Gasteiger partial charge in [-0.3, -0.25) is 9.59 Å². The molecule has 0 radical (unpaired) electrons. The summed E-state index contributed by atoms with van der Waals surface area (Å²) in [6.07, 6.45) is -0.459. The summed E-state index contributed by atoms with van der Waals surface area (Å²) in [5.41, 5.74) is -4.16. The van der Waals surface area contributed by atoms with Gasteiger partial charge in [0.15, 0.2) is 5.78 Å². The van der Waals surface area contributed by atoms with E-state index in [9.17, 15) is 22.8 Å². The highest BCUT2D eigenvalue weighted by atomic mass is 32.2. The third-order valence-electron chi connectivity index (χ3n) is 1.98. The molecule has 0 saturated heterocycles. The van der Waals surface area contributed by atoms with Gasteiger partial charge in [0.1, 0.15) is 0 Å². The standard InChI is InChI=1S/C11H9F3O3S/c12-11(13,14)18-8-3-1-7(2-4-8)9(15)5-6-10(16)17/h1-4H,5-6H2,(H,16,17). The average Bonchev–Trinajstić information content (AvgIpc) is 2.24. The minimum absolute atomic E-state index is 0.0164. The molecule has 98 valence electrons. The van der Waals surface area contributed by atoms with Gasteiger partial charge in [0, 0.05) is 16.9 Å². The van der Waals surface area contributed by atoms with Crippen LogP contribution in [0.3, 0.4) is 0 Å². The van der Waals surface area contributed by atoms with Gasteiger partial charge in [0.05, 0.1) is 6.42 Å². The molecule has 1 rings (SSSR count). The number of aliphatic carboxylic acids is 1. The van der Waals surface area contributed by atoms with E-state index in [-0.39, 0.29) is 35.1 Å². The van der Waals surface area contributed by atoms with Crippen molar-refractivity contribution < 1.29 is 27.9 Å². The van der Waals surface area contributed by atoms with E-state index in [1.165, 1.54) is 24.3 Å². The number of benzene rings is 1. The number of hydrogen-bond donors (Lipinski definition) is 1. The molecule has 0 atom stereocenters. The third kappa shape index (κ3) is 5.22. The molecule has 1 N–H and O–H groups in total. The number of halogens is 3. The number of Topliss-reactive ketones (excluding diaryl/α,β-unsaturated/α-hetero) is 1. The number of carboxylic acids is 1. The zero-order valence-corrected chi connectivity index (χ0v) is 9.85. The van der Waals surface area contributed by atoms with Gasteiger partial charge in [-0.15, -0.1) is 0 Å². The topological polar surface area (TPSA) is 54.4 Å². The van der Waals surface area contributed by atoms with Crippen LogP contribution in [0.4, 0.5) is 13.2 Å². The van der Waals surface area contributed by atoms with Crippen molar-refractivity contribution in [2.24, 2.45) is 0 Å². The first-order valence-corrected chi connectivity index (χ1v) is 5.70. The smallest absolute Gasteiger partial charge is 0.446 e. The van der Waals surface area contributed by atoms with Crippen LogP contribution in [0.5, 0.6) is 0 Å². The summed E-state index contributed by atoms with van der Waals surface area (Å²) < 4.78 is 36.1. The first-order valence-electron chi connectivity index (χ1n) is 4.89. The Morgan fingerprint density at radius 2 is 1.67 bits per heavy atom. The zero-order valence-electron chi connectivity index (χ0n) is 9.03. The minimum Gasteiger partial charge on any atom is -0.481 e. The second kappa shape index (κ2) is 5.90. The number of thioether (sulfide) groups is 1. The fourth-order valence-electron chi connectivity index (χ4n) is 1.21. The molecule has 0 amide bonds. The third-order valence-corrected chi connectivity index (χ3v) is 2.72. The second-order valence-electron chi connectivity index (χ2n) is 3.39. The van der Waals surface area contributed by atoms with E-state index in [2.05, 4.69) is 0 Å². The Kier molecular flexibility index (Phi) is 4.77. The van der Waals surface area contributed by atoms with Crippen molar-refractivity contribution in [3.05, 3.63) is 29.8 Å². The second-order valence-corrected chi connectivity index (χ2v) is 4.53. The SMILES string of the molecule is O=C(O)CCC(=O)c1ccc(SC(F)(F)F)cc1. The van der Waals surface area contributed by atoms with Gasteiger partial charge in [-0.2, -0.15) is 13.2 Å². The molecule has 0 unspecified atom stereocenters. The summed E-state index contributed by atoms with van der Waals surface area (Å²) in [6, 6.07) is 4.90. The number of carbonyl (C=O) groups is 2. The Bertz CT molecular complexity index is 440. The molecule has 0 aliphatic heterocycles. The Morgan fingerprint density at radius 3 is 2.11 bits per heavy atom. The van der Waals surface area contributed by atoms with E-state index >= 15 is 0 Å². The summed E-state index contributed by atoms with van der Waals surface area (Å²) in [7, 11) is 0. The predicted octanol–water partition coefficient (Wildman–Crippen LogP) is 3.35. The minimum atomic E-state index is -4.37. The maximum atomic E-state index is 12.0. The molecule has 0 aliphatic rings. The van der Waals surface area contributed by atoms with Crippen molar-refractivity contribution in [3.8, 4) is 0 Å². The molecule has 18 heavy (non-hydrogen) atoms. The average molecular weight is 278 g/mol. The van der Waals surface area contributed by atoms with E-state index in [4.69, 9.17) is 5.11 Å². The molecule has 0 bridgehead atoms. The summed E-state index contributed by atoms with van der Waals surface area (Å²) in [4.78, 5) is 21.7.